The molecule has 0 fully saturated rings. The predicted octanol–water partition coefficient (Wildman–Crippen LogP) is 4.30. The average molecular weight is 490 g/mol. The van der Waals surface area contributed by atoms with Crippen LogP contribution in [0.1, 0.15) is 15.2 Å². The Bertz CT molecular complexity index is 1220. The van der Waals surface area contributed by atoms with Crippen molar-refractivity contribution in [2.75, 3.05) is 35.7 Å². The van der Waals surface area contributed by atoms with E-state index in [2.05, 4.69) is 15.4 Å². The van der Waals surface area contributed by atoms with Crippen molar-refractivity contribution in [3.8, 4) is 0 Å². The summed E-state index contributed by atoms with van der Waals surface area (Å²) in [6.07, 6.45) is -0.663. The Hall–Kier alpha value is -3.41. The van der Waals surface area contributed by atoms with Gasteiger partial charge in [-0.1, -0.05) is 23.8 Å². The highest BCUT2D eigenvalue weighted by Crippen LogP contribution is 2.26. The second-order valence-corrected chi connectivity index (χ2v) is 9.44. The lowest BCUT2D eigenvalue weighted by Crippen LogP contribution is -2.19. The highest BCUT2D eigenvalue weighted by Gasteiger charge is 2.24. The number of methoxy groups -OCH3 is 1. The zero-order valence-electron chi connectivity index (χ0n) is 18.0. The second-order valence-electron chi connectivity index (χ2n) is 6.87. The van der Waals surface area contributed by atoms with E-state index in [9.17, 15) is 18.0 Å². The Morgan fingerprint density at radius 1 is 0.939 bits per heavy atom. The molecule has 3 rings (SSSR count). The number of aryl methyl sites for hydroxylation is 1. The van der Waals surface area contributed by atoms with Gasteiger partial charge in [-0.05, 0) is 48.7 Å². The van der Waals surface area contributed by atoms with E-state index < -0.39 is 22.0 Å². The molecule has 11 heteroatoms. The minimum Gasteiger partial charge on any atom is -0.447 e. The number of carbonyl (C=O) groups is 2. The Labute approximate surface area is 195 Å². The maximum absolute atomic E-state index is 12.9. The lowest BCUT2D eigenvalue weighted by atomic mass is 10.2. The van der Waals surface area contributed by atoms with E-state index in [-0.39, 0.29) is 23.0 Å². The van der Waals surface area contributed by atoms with Crippen molar-refractivity contribution in [3.63, 3.8) is 0 Å². The summed E-state index contributed by atoms with van der Waals surface area (Å²) in [7, 11) is -2.47. The maximum atomic E-state index is 12.9. The highest BCUT2D eigenvalue weighted by atomic mass is 32.2. The van der Waals surface area contributed by atoms with Crippen LogP contribution in [0.4, 0.5) is 21.9 Å². The second kappa shape index (κ2) is 10.9. The number of ether oxygens (including phenoxy) is 2. The molecule has 3 aromatic rings. The molecule has 0 saturated carbocycles. The Morgan fingerprint density at radius 2 is 1.64 bits per heavy atom. The van der Waals surface area contributed by atoms with Crippen LogP contribution in [0.3, 0.4) is 0 Å². The number of rotatable bonds is 9. The van der Waals surface area contributed by atoms with Gasteiger partial charge in [0.1, 0.15) is 16.4 Å². The summed E-state index contributed by atoms with van der Waals surface area (Å²) >= 11 is 1.01. The highest BCUT2D eigenvalue weighted by molar-refractivity contribution is 7.93. The summed E-state index contributed by atoms with van der Waals surface area (Å²) in [6, 6.07) is 14.7. The molecule has 0 aliphatic carbocycles. The molecule has 9 nitrogen and oxygen atoms in total. The molecular formula is C22H23N3O6S2. The smallest absolute Gasteiger partial charge is 0.411 e. The van der Waals surface area contributed by atoms with Crippen LogP contribution in [-0.2, 0) is 19.5 Å². The quantitative estimate of drug-likeness (QED) is 0.385. The maximum Gasteiger partial charge on any atom is 0.411 e. The van der Waals surface area contributed by atoms with Crippen molar-refractivity contribution in [2.24, 2.45) is 0 Å². The normalized spacial score (nSPS) is 11.0. The molecule has 0 unspecified atom stereocenters. The molecule has 174 valence electrons. The number of hydrogen-bond acceptors (Lipinski definition) is 7. The van der Waals surface area contributed by atoms with Gasteiger partial charge in [0.25, 0.3) is 15.9 Å². The molecule has 0 bridgehead atoms. The van der Waals surface area contributed by atoms with Gasteiger partial charge in [0.2, 0.25) is 0 Å². The van der Waals surface area contributed by atoms with E-state index in [1.807, 2.05) is 6.92 Å². The van der Waals surface area contributed by atoms with Crippen LogP contribution in [0.25, 0.3) is 0 Å². The summed E-state index contributed by atoms with van der Waals surface area (Å²) in [4.78, 5) is 24.5. The molecule has 0 aliphatic rings. The first-order chi connectivity index (χ1) is 15.8. The Morgan fingerprint density at radius 3 is 2.33 bits per heavy atom. The Balaban J connectivity index is 1.70. The minimum atomic E-state index is -3.97. The summed E-state index contributed by atoms with van der Waals surface area (Å²) in [5.74, 6) is -0.589. The fourth-order valence-electron chi connectivity index (χ4n) is 2.74. The molecule has 1 aromatic heterocycles. The first kappa shape index (κ1) is 24.2. The van der Waals surface area contributed by atoms with Crippen LogP contribution in [0, 0.1) is 6.92 Å². The van der Waals surface area contributed by atoms with Crippen LogP contribution in [0.15, 0.2) is 64.9 Å². The molecular weight excluding hydrogens is 466 g/mol. The zero-order valence-corrected chi connectivity index (χ0v) is 19.6. The SMILES string of the molecule is COCCOC(=O)Nc1cccc(NC(=O)c2sccc2S(=O)(=O)Nc2ccc(C)cc2)c1. The van der Waals surface area contributed by atoms with E-state index in [0.29, 0.717) is 17.1 Å². The number of amides is 2. The fourth-order valence-corrected chi connectivity index (χ4v) is 5.12. The van der Waals surface area contributed by atoms with E-state index in [1.165, 1.54) is 24.6 Å². The van der Waals surface area contributed by atoms with Gasteiger partial charge in [0.05, 0.1) is 6.61 Å². The van der Waals surface area contributed by atoms with Crippen molar-refractivity contribution in [1.82, 2.24) is 0 Å². The molecule has 0 atom stereocenters. The number of benzene rings is 2. The van der Waals surface area contributed by atoms with Gasteiger partial charge in [-0.2, -0.15) is 0 Å². The summed E-state index contributed by atoms with van der Waals surface area (Å²) < 4.78 is 37.9. The van der Waals surface area contributed by atoms with Crippen LogP contribution >= 0.6 is 11.3 Å². The number of nitrogens with one attached hydrogen (secondary N) is 3. The predicted molar refractivity (Wildman–Crippen MR) is 128 cm³/mol. The third-order valence-electron chi connectivity index (χ3n) is 4.32. The fraction of sp³-hybridized carbons (Fsp3) is 0.182. The van der Waals surface area contributed by atoms with Gasteiger partial charge >= 0.3 is 6.09 Å². The Kier molecular flexibility index (Phi) is 8.04. The number of hydrogen-bond donors (Lipinski definition) is 3. The monoisotopic (exact) mass is 489 g/mol. The van der Waals surface area contributed by atoms with Gasteiger partial charge in [-0.25, -0.2) is 13.2 Å². The standard InChI is InChI=1S/C22H23N3O6S2/c1-15-6-8-16(9-7-15)25-33(28,29)19-10-13-32-20(19)21(26)23-17-4-3-5-18(14-17)24-22(27)31-12-11-30-2/h3-10,13-14,25H,11-12H2,1-2H3,(H,23,26)(H,24,27). The first-order valence-corrected chi connectivity index (χ1v) is 12.2. The zero-order chi connectivity index (χ0) is 23.8. The molecule has 2 aromatic carbocycles. The lowest BCUT2D eigenvalue weighted by molar-refractivity contribution is 0.102. The van der Waals surface area contributed by atoms with Gasteiger partial charge < -0.3 is 14.8 Å². The van der Waals surface area contributed by atoms with Gasteiger partial charge in [0, 0.05) is 24.2 Å². The topological polar surface area (TPSA) is 123 Å². The van der Waals surface area contributed by atoms with E-state index in [1.54, 1.807) is 42.5 Å². The average Bonchev–Trinajstić information content (AvgIpc) is 3.27. The number of carbonyl (C=O) groups excluding carboxylic acids is 2. The number of thiophene rings is 1. The molecule has 0 spiro atoms. The lowest BCUT2D eigenvalue weighted by Gasteiger charge is -2.11. The van der Waals surface area contributed by atoms with Crippen LogP contribution in [-0.4, -0.2) is 40.7 Å². The summed E-state index contributed by atoms with van der Waals surface area (Å²) in [5, 5.41) is 6.74. The van der Waals surface area contributed by atoms with Crippen molar-refractivity contribution in [3.05, 3.63) is 70.4 Å². The third-order valence-corrected chi connectivity index (χ3v) is 6.78. The number of anilines is 3. The molecule has 33 heavy (non-hydrogen) atoms. The van der Waals surface area contributed by atoms with Crippen molar-refractivity contribution in [2.45, 2.75) is 11.8 Å². The van der Waals surface area contributed by atoms with Crippen LogP contribution in [0.5, 0.6) is 0 Å². The first-order valence-electron chi connectivity index (χ1n) is 9.79. The molecule has 0 saturated heterocycles. The van der Waals surface area contributed by atoms with Crippen molar-refractivity contribution in [1.29, 1.82) is 0 Å². The van der Waals surface area contributed by atoms with Gasteiger partial charge in [-0.3, -0.25) is 14.8 Å². The molecule has 1 heterocycles. The molecule has 0 aliphatic heterocycles. The summed E-state index contributed by atoms with van der Waals surface area (Å²) in [6.45, 7) is 2.27. The molecule has 2 amide bonds. The number of sulfonamides is 1. The molecule has 3 N–H and O–H groups in total. The van der Waals surface area contributed by atoms with E-state index in [0.717, 1.165) is 16.9 Å². The minimum absolute atomic E-state index is 0.0342. The van der Waals surface area contributed by atoms with Crippen LogP contribution < -0.4 is 15.4 Å². The molecule has 0 radical (unpaired) electrons. The van der Waals surface area contributed by atoms with Crippen LogP contribution in [0.2, 0.25) is 0 Å². The largest absolute Gasteiger partial charge is 0.447 e. The van der Waals surface area contributed by atoms with Gasteiger partial charge in [0.15, 0.2) is 0 Å². The van der Waals surface area contributed by atoms with Gasteiger partial charge in [-0.15, -0.1) is 11.3 Å². The van der Waals surface area contributed by atoms with E-state index in [4.69, 9.17) is 9.47 Å². The van der Waals surface area contributed by atoms with E-state index >= 15 is 0 Å². The van der Waals surface area contributed by atoms with Crippen molar-refractivity contribution >= 4 is 50.4 Å². The van der Waals surface area contributed by atoms with Crippen molar-refractivity contribution < 1.29 is 27.5 Å². The third kappa shape index (κ3) is 6.78. The summed E-state index contributed by atoms with van der Waals surface area (Å²) in [5.41, 5.74) is 2.16.